The zero-order valence-corrected chi connectivity index (χ0v) is 18.6. The highest BCUT2D eigenvalue weighted by Crippen LogP contribution is 2.25. The van der Waals surface area contributed by atoms with E-state index in [2.05, 4.69) is 4.74 Å². The zero-order valence-electron chi connectivity index (χ0n) is 16.1. The average Bonchev–Trinajstić information content (AvgIpc) is 3.17. The van der Waals surface area contributed by atoms with Gasteiger partial charge in [-0.25, -0.2) is 21.6 Å². The summed E-state index contributed by atoms with van der Waals surface area (Å²) in [5.74, 6) is -1.14. The van der Waals surface area contributed by atoms with Crippen molar-refractivity contribution in [3.05, 3.63) is 17.0 Å². The van der Waals surface area contributed by atoms with E-state index in [4.69, 9.17) is 0 Å². The van der Waals surface area contributed by atoms with Crippen LogP contribution in [0.1, 0.15) is 31.1 Å². The lowest BCUT2D eigenvalue weighted by Crippen LogP contribution is -2.53. The standard InChI is InChI=1S/C16H24N2O7S3/c1-11(2)27(21,22)12(3)15(19)17-5-7-18(8-6-17)28(23,24)14-9-13(10-26-14)16(20)25-4/h9-12H,5-8H2,1-4H3. The highest BCUT2D eigenvalue weighted by atomic mass is 32.2. The van der Waals surface area contributed by atoms with Crippen molar-refractivity contribution >= 4 is 43.1 Å². The Morgan fingerprint density at radius 3 is 2.14 bits per heavy atom. The molecule has 1 unspecified atom stereocenters. The van der Waals surface area contributed by atoms with Gasteiger partial charge in [0, 0.05) is 31.6 Å². The summed E-state index contributed by atoms with van der Waals surface area (Å²) in [7, 11) is -6.18. The third-order valence-electron chi connectivity index (χ3n) is 4.64. The Morgan fingerprint density at radius 1 is 1.07 bits per heavy atom. The van der Waals surface area contributed by atoms with Crippen molar-refractivity contribution in [2.75, 3.05) is 33.3 Å². The van der Waals surface area contributed by atoms with Gasteiger partial charge in [-0.3, -0.25) is 4.79 Å². The van der Waals surface area contributed by atoms with Crippen LogP contribution < -0.4 is 0 Å². The molecule has 2 rings (SSSR count). The van der Waals surface area contributed by atoms with Crippen molar-refractivity contribution in [3.63, 3.8) is 0 Å². The van der Waals surface area contributed by atoms with Crippen LogP contribution in [-0.2, 0) is 29.4 Å². The maximum Gasteiger partial charge on any atom is 0.338 e. The molecule has 1 aromatic heterocycles. The Balaban J connectivity index is 2.08. The van der Waals surface area contributed by atoms with Gasteiger partial charge in [0.1, 0.15) is 9.46 Å². The summed E-state index contributed by atoms with van der Waals surface area (Å²) in [6.07, 6.45) is 0. The normalized spacial score (nSPS) is 17.5. The van der Waals surface area contributed by atoms with Crippen LogP contribution in [-0.4, -0.2) is 81.7 Å². The highest BCUT2D eigenvalue weighted by molar-refractivity contribution is 7.93. The summed E-state index contributed by atoms with van der Waals surface area (Å²) in [5.41, 5.74) is 0.160. The molecule has 28 heavy (non-hydrogen) atoms. The zero-order chi connectivity index (χ0) is 21.3. The molecule has 12 heteroatoms. The number of nitrogens with zero attached hydrogens (tertiary/aromatic N) is 2. The largest absolute Gasteiger partial charge is 0.465 e. The minimum absolute atomic E-state index is 0.0171. The molecule has 0 radical (unpaired) electrons. The summed E-state index contributed by atoms with van der Waals surface area (Å²) >= 11 is 0.922. The summed E-state index contributed by atoms with van der Waals surface area (Å²) in [5, 5.41) is -0.428. The van der Waals surface area contributed by atoms with Gasteiger partial charge in [-0.1, -0.05) is 0 Å². The number of sulfone groups is 1. The summed E-state index contributed by atoms with van der Waals surface area (Å²) < 4.78 is 55.8. The smallest absolute Gasteiger partial charge is 0.338 e. The number of piperazine rings is 1. The van der Waals surface area contributed by atoms with E-state index in [9.17, 15) is 26.4 Å². The molecule has 0 aromatic carbocycles. The first-order valence-corrected chi connectivity index (χ1v) is 12.5. The van der Waals surface area contributed by atoms with Crippen LogP contribution >= 0.6 is 11.3 Å². The van der Waals surface area contributed by atoms with E-state index in [-0.39, 0.29) is 36.0 Å². The second-order valence-electron chi connectivity index (χ2n) is 6.66. The van der Waals surface area contributed by atoms with Gasteiger partial charge in [0.2, 0.25) is 5.91 Å². The summed E-state index contributed by atoms with van der Waals surface area (Å²) in [6.45, 7) is 4.71. The molecule has 0 spiro atoms. The highest BCUT2D eigenvalue weighted by Gasteiger charge is 2.37. The second-order valence-corrected chi connectivity index (χ2v) is 12.6. The number of thiophene rings is 1. The first-order chi connectivity index (χ1) is 12.9. The second kappa shape index (κ2) is 8.47. The lowest BCUT2D eigenvalue weighted by Gasteiger charge is -2.35. The number of amides is 1. The van der Waals surface area contributed by atoms with Gasteiger partial charge < -0.3 is 9.64 Å². The van der Waals surface area contributed by atoms with E-state index in [1.54, 1.807) is 0 Å². The number of carbonyl (C=O) groups is 2. The lowest BCUT2D eigenvalue weighted by atomic mass is 10.3. The van der Waals surface area contributed by atoms with Crippen LogP contribution in [0.15, 0.2) is 15.7 Å². The quantitative estimate of drug-likeness (QED) is 0.579. The fourth-order valence-corrected chi connectivity index (χ4v) is 6.73. The van der Waals surface area contributed by atoms with Crippen LogP contribution in [0.25, 0.3) is 0 Å². The number of ether oxygens (including phenoxy) is 1. The number of hydrogen-bond acceptors (Lipinski definition) is 8. The van der Waals surface area contributed by atoms with Gasteiger partial charge in [0.25, 0.3) is 10.0 Å². The van der Waals surface area contributed by atoms with Crippen LogP contribution in [0.3, 0.4) is 0 Å². The van der Waals surface area contributed by atoms with Gasteiger partial charge in [0.05, 0.1) is 17.9 Å². The Kier molecular flexibility index (Phi) is 6.90. The SMILES string of the molecule is COC(=O)c1csc(S(=O)(=O)N2CCN(C(=O)C(C)S(=O)(=O)C(C)C)CC2)c1. The van der Waals surface area contributed by atoms with Crippen molar-refractivity contribution in [2.45, 2.75) is 35.5 Å². The van der Waals surface area contributed by atoms with Gasteiger partial charge in [-0.05, 0) is 26.8 Å². The first kappa shape index (κ1) is 22.8. The molecule has 0 aliphatic carbocycles. The maximum atomic E-state index is 12.8. The number of esters is 1. The van der Waals surface area contributed by atoms with Gasteiger partial charge in [0.15, 0.2) is 9.84 Å². The molecule has 1 amide bonds. The van der Waals surface area contributed by atoms with Gasteiger partial charge in [-0.2, -0.15) is 4.31 Å². The number of hydrogen-bond donors (Lipinski definition) is 0. The average molecular weight is 453 g/mol. The Morgan fingerprint density at radius 2 is 1.64 bits per heavy atom. The fourth-order valence-electron chi connectivity index (χ4n) is 2.76. The number of methoxy groups -OCH3 is 1. The molecule has 2 heterocycles. The maximum absolute atomic E-state index is 12.8. The van der Waals surface area contributed by atoms with Crippen LogP contribution in [0.2, 0.25) is 0 Å². The summed E-state index contributed by atoms with van der Waals surface area (Å²) in [6, 6.07) is 1.26. The van der Waals surface area contributed by atoms with Crippen molar-refractivity contribution < 1.29 is 31.2 Å². The third-order valence-corrected chi connectivity index (χ3v) is 10.5. The molecule has 0 saturated carbocycles. The molecular formula is C16H24N2O7S3. The molecule has 158 valence electrons. The van der Waals surface area contributed by atoms with Gasteiger partial charge in [-0.15, -0.1) is 11.3 Å². The topological polar surface area (TPSA) is 118 Å². The van der Waals surface area contributed by atoms with Crippen molar-refractivity contribution in [1.29, 1.82) is 0 Å². The third kappa shape index (κ3) is 4.39. The molecule has 1 aromatic rings. The molecule has 1 aliphatic rings. The number of carbonyl (C=O) groups excluding carboxylic acids is 2. The van der Waals surface area contributed by atoms with Crippen LogP contribution in [0.4, 0.5) is 0 Å². The number of rotatable bonds is 6. The Hall–Kier alpha value is -1.50. The van der Waals surface area contributed by atoms with Crippen molar-refractivity contribution in [1.82, 2.24) is 9.21 Å². The van der Waals surface area contributed by atoms with E-state index in [1.165, 1.54) is 48.5 Å². The summed E-state index contributed by atoms with van der Waals surface area (Å²) in [4.78, 5) is 25.4. The van der Waals surface area contributed by atoms with E-state index in [0.29, 0.717) is 0 Å². The predicted octanol–water partition coefficient (Wildman–Crippen LogP) is 0.579. The van der Waals surface area contributed by atoms with Crippen LogP contribution in [0, 0.1) is 0 Å². The van der Waals surface area contributed by atoms with Gasteiger partial charge >= 0.3 is 5.97 Å². The molecule has 0 bridgehead atoms. The van der Waals surface area contributed by atoms with Crippen molar-refractivity contribution in [2.24, 2.45) is 0 Å². The predicted molar refractivity (Wildman–Crippen MR) is 105 cm³/mol. The molecule has 0 N–H and O–H groups in total. The minimum Gasteiger partial charge on any atom is -0.465 e. The molecule has 1 saturated heterocycles. The molecule has 1 fully saturated rings. The molecular weight excluding hydrogens is 428 g/mol. The lowest BCUT2D eigenvalue weighted by molar-refractivity contribution is -0.131. The van der Waals surface area contributed by atoms with E-state index >= 15 is 0 Å². The monoisotopic (exact) mass is 452 g/mol. The van der Waals surface area contributed by atoms with E-state index in [1.807, 2.05) is 0 Å². The molecule has 1 atom stereocenters. The minimum atomic E-state index is -3.81. The fraction of sp³-hybridized carbons (Fsp3) is 0.625. The Labute approximate surface area is 169 Å². The first-order valence-electron chi connectivity index (χ1n) is 8.61. The molecule has 1 aliphatic heterocycles. The van der Waals surface area contributed by atoms with E-state index < -0.39 is 42.2 Å². The number of sulfonamides is 1. The van der Waals surface area contributed by atoms with Crippen LogP contribution in [0.5, 0.6) is 0 Å². The molecule has 9 nitrogen and oxygen atoms in total. The van der Waals surface area contributed by atoms with Crippen molar-refractivity contribution in [3.8, 4) is 0 Å². The Bertz CT molecular complexity index is 943. The van der Waals surface area contributed by atoms with E-state index in [0.717, 1.165) is 11.3 Å².